The Hall–Kier alpha value is -0.810. The largest absolute Gasteiger partial charge is 0.469 e. The summed E-state index contributed by atoms with van der Waals surface area (Å²) in [6.07, 6.45) is 4.34. The zero-order chi connectivity index (χ0) is 14.4. The summed E-state index contributed by atoms with van der Waals surface area (Å²) in [5, 5.41) is 1.94. The van der Waals surface area contributed by atoms with Gasteiger partial charge in [-0.3, -0.25) is 9.59 Å². The Morgan fingerprint density at radius 3 is 2.85 bits per heavy atom. The maximum Gasteiger partial charge on any atom is 0.306 e. The normalized spacial score (nSPS) is 15.8. The van der Waals surface area contributed by atoms with Crippen LogP contribution in [0.2, 0.25) is 0 Å². The number of esters is 1. The van der Waals surface area contributed by atoms with Gasteiger partial charge in [-0.1, -0.05) is 6.07 Å². The van der Waals surface area contributed by atoms with Crippen molar-refractivity contribution in [3.63, 3.8) is 0 Å². The highest BCUT2D eigenvalue weighted by Gasteiger charge is 2.44. The lowest BCUT2D eigenvalue weighted by molar-refractivity contribution is -0.141. The standard InChI is InChI=1S/C15H20O3S2/c1-18-14(17)10-15(6-7-15)11-19-8-2-4-12(16)13-5-3-9-20-13/h3,5,9H,2,4,6-8,10-11H2,1H3. The number of thiophene rings is 1. The Morgan fingerprint density at radius 2 is 2.25 bits per heavy atom. The van der Waals surface area contributed by atoms with E-state index in [0.29, 0.717) is 12.8 Å². The first kappa shape index (κ1) is 15.6. The number of methoxy groups -OCH3 is 1. The van der Waals surface area contributed by atoms with Crippen LogP contribution in [0.5, 0.6) is 0 Å². The maximum atomic E-state index is 11.8. The van der Waals surface area contributed by atoms with Crippen LogP contribution in [-0.4, -0.2) is 30.4 Å². The zero-order valence-electron chi connectivity index (χ0n) is 11.7. The molecule has 1 aromatic heterocycles. The lowest BCUT2D eigenvalue weighted by Crippen LogP contribution is -2.13. The van der Waals surface area contributed by atoms with Gasteiger partial charge in [0.25, 0.3) is 0 Å². The van der Waals surface area contributed by atoms with Gasteiger partial charge in [0.1, 0.15) is 0 Å². The van der Waals surface area contributed by atoms with E-state index in [0.717, 1.165) is 35.6 Å². The van der Waals surface area contributed by atoms with E-state index in [1.807, 2.05) is 29.3 Å². The topological polar surface area (TPSA) is 43.4 Å². The summed E-state index contributed by atoms with van der Waals surface area (Å²) in [4.78, 5) is 24.0. The van der Waals surface area contributed by atoms with Gasteiger partial charge in [-0.25, -0.2) is 0 Å². The van der Waals surface area contributed by atoms with Gasteiger partial charge in [0.15, 0.2) is 5.78 Å². The molecule has 0 aromatic carbocycles. The molecule has 0 atom stereocenters. The quantitative estimate of drug-likeness (QED) is 0.395. The second-order valence-corrected chi connectivity index (χ2v) is 7.36. The van der Waals surface area contributed by atoms with Crippen molar-refractivity contribution >= 4 is 34.9 Å². The maximum absolute atomic E-state index is 11.8. The molecule has 0 spiro atoms. The molecule has 0 saturated heterocycles. The number of ketones is 1. The van der Waals surface area contributed by atoms with Crippen molar-refractivity contribution < 1.29 is 14.3 Å². The molecule has 0 amide bonds. The van der Waals surface area contributed by atoms with Gasteiger partial charge in [0.05, 0.1) is 18.4 Å². The number of hydrogen-bond donors (Lipinski definition) is 0. The third-order valence-corrected chi connectivity index (χ3v) is 5.91. The summed E-state index contributed by atoms with van der Waals surface area (Å²) in [6.45, 7) is 0. The molecule has 1 fully saturated rings. The first-order valence-electron chi connectivity index (χ1n) is 6.86. The Kier molecular flexibility index (Phi) is 5.66. The van der Waals surface area contributed by atoms with Crippen LogP contribution in [0, 0.1) is 5.41 Å². The number of Topliss-reactive ketones (excluding diaryl/α,β-unsaturated/α-hetero) is 1. The summed E-state index contributed by atoms with van der Waals surface area (Å²) in [6, 6.07) is 3.80. The average Bonchev–Trinajstić information content (AvgIpc) is 2.99. The van der Waals surface area contributed by atoms with E-state index in [1.54, 1.807) is 0 Å². The molecule has 1 saturated carbocycles. The van der Waals surface area contributed by atoms with Crippen LogP contribution in [0.4, 0.5) is 0 Å². The molecule has 1 aliphatic carbocycles. The van der Waals surface area contributed by atoms with Crippen molar-refractivity contribution in [2.75, 3.05) is 18.6 Å². The summed E-state index contributed by atoms with van der Waals surface area (Å²) in [7, 11) is 1.45. The third kappa shape index (κ3) is 4.63. The van der Waals surface area contributed by atoms with E-state index in [9.17, 15) is 9.59 Å². The molecule has 1 heterocycles. The van der Waals surface area contributed by atoms with Gasteiger partial charge in [-0.15, -0.1) is 11.3 Å². The lowest BCUT2D eigenvalue weighted by Gasteiger charge is -2.12. The third-order valence-electron chi connectivity index (χ3n) is 3.60. The number of carbonyl (C=O) groups excluding carboxylic acids is 2. The van der Waals surface area contributed by atoms with E-state index in [2.05, 4.69) is 0 Å². The van der Waals surface area contributed by atoms with Gasteiger partial charge in [-0.05, 0) is 47.6 Å². The van der Waals surface area contributed by atoms with Crippen LogP contribution in [-0.2, 0) is 9.53 Å². The van der Waals surface area contributed by atoms with Gasteiger partial charge < -0.3 is 4.74 Å². The Balaban J connectivity index is 1.58. The Morgan fingerprint density at radius 1 is 1.45 bits per heavy atom. The fourth-order valence-corrected chi connectivity index (χ4v) is 4.12. The second-order valence-electron chi connectivity index (χ2n) is 5.31. The molecule has 5 heteroatoms. The highest BCUT2D eigenvalue weighted by atomic mass is 32.2. The number of ether oxygens (including phenoxy) is 1. The van der Waals surface area contributed by atoms with Crippen molar-refractivity contribution in [2.45, 2.75) is 32.1 Å². The van der Waals surface area contributed by atoms with Crippen molar-refractivity contribution in [1.82, 2.24) is 0 Å². The molecule has 0 bridgehead atoms. The van der Waals surface area contributed by atoms with Crippen LogP contribution in [0.15, 0.2) is 17.5 Å². The fraction of sp³-hybridized carbons (Fsp3) is 0.600. The lowest BCUT2D eigenvalue weighted by atomic mass is 10.1. The van der Waals surface area contributed by atoms with Crippen LogP contribution >= 0.6 is 23.1 Å². The predicted molar refractivity (Wildman–Crippen MR) is 83.5 cm³/mol. The zero-order valence-corrected chi connectivity index (χ0v) is 13.4. The highest BCUT2D eigenvalue weighted by Crippen LogP contribution is 2.51. The minimum Gasteiger partial charge on any atom is -0.469 e. The molecule has 1 aromatic rings. The molecule has 1 aliphatic rings. The average molecular weight is 312 g/mol. The molecule has 0 radical (unpaired) electrons. The molecule has 3 nitrogen and oxygen atoms in total. The van der Waals surface area contributed by atoms with Gasteiger partial charge in [0, 0.05) is 6.42 Å². The van der Waals surface area contributed by atoms with E-state index >= 15 is 0 Å². The molecule has 2 rings (SSSR count). The van der Waals surface area contributed by atoms with Crippen molar-refractivity contribution in [3.05, 3.63) is 22.4 Å². The first-order valence-corrected chi connectivity index (χ1v) is 8.90. The number of hydrogen-bond acceptors (Lipinski definition) is 5. The van der Waals surface area contributed by atoms with E-state index < -0.39 is 0 Å². The second kappa shape index (κ2) is 7.27. The van der Waals surface area contributed by atoms with Crippen molar-refractivity contribution in [1.29, 1.82) is 0 Å². The van der Waals surface area contributed by atoms with Gasteiger partial charge in [-0.2, -0.15) is 11.8 Å². The molecule has 110 valence electrons. The minimum absolute atomic E-state index is 0.101. The van der Waals surface area contributed by atoms with Crippen molar-refractivity contribution in [2.24, 2.45) is 5.41 Å². The number of thioether (sulfide) groups is 1. The smallest absolute Gasteiger partial charge is 0.306 e. The molecular formula is C15H20O3S2. The Labute approximate surface area is 128 Å². The summed E-state index contributed by atoms with van der Waals surface area (Å²) in [5.74, 6) is 2.14. The number of carbonyl (C=O) groups is 2. The highest BCUT2D eigenvalue weighted by molar-refractivity contribution is 7.99. The fourth-order valence-electron chi connectivity index (χ4n) is 2.11. The van der Waals surface area contributed by atoms with Crippen LogP contribution < -0.4 is 0 Å². The van der Waals surface area contributed by atoms with Crippen molar-refractivity contribution in [3.8, 4) is 0 Å². The SMILES string of the molecule is COC(=O)CC1(CSCCCC(=O)c2cccs2)CC1. The van der Waals surface area contributed by atoms with Gasteiger partial charge >= 0.3 is 5.97 Å². The van der Waals surface area contributed by atoms with Crippen LogP contribution in [0.1, 0.15) is 41.8 Å². The summed E-state index contributed by atoms with van der Waals surface area (Å²) in [5.41, 5.74) is 0.190. The first-order chi connectivity index (χ1) is 9.65. The molecular weight excluding hydrogens is 292 g/mol. The number of rotatable bonds is 9. The summed E-state index contributed by atoms with van der Waals surface area (Å²) >= 11 is 3.37. The molecule has 0 N–H and O–H groups in total. The molecule has 20 heavy (non-hydrogen) atoms. The molecule has 0 unspecified atom stereocenters. The van der Waals surface area contributed by atoms with Gasteiger partial charge in [0.2, 0.25) is 0 Å². The van der Waals surface area contributed by atoms with E-state index in [4.69, 9.17) is 4.74 Å². The Bertz CT molecular complexity index is 450. The predicted octanol–water partition coefficient (Wildman–Crippen LogP) is 3.79. The van der Waals surface area contributed by atoms with Crippen LogP contribution in [0.3, 0.4) is 0 Å². The van der Waals surface area contributed by atoms with Crippen LogP contribution in [0.25, 0.3) is 0 Å². The van der Waals surface area contributed by atoms with E-state index in [-0.39, 0.29) is 17.2 Å². The van der Waals surface area contributed by atoms with E-state index in [1.165, 1.54) is 18.4 Å². The monoisotopic (exact) mass is 312 g/mol. The minimum atomic E-state index is -0.101. The molecule has 0 aliphatic heterocycles. The summed E-state index contributed by atoms with van der Waals surface area (Å²) < 4.78 is 4.73.